The Balaban J connectivity index is 1.40. The highest BCUT2D eigenvalue weighted by Crippen LogP contribution is 2.17. The van der Waals surface area contributed by atoms with Crippen molar-refractivity contribution in [1.29, 1.82) is 0 Å². The zero-order valence-electron chi connectivity index (χ0n) is 15.3. The summed E-state index contributed by atoms with van der Waals surface area (Å²) in [4.78, 5) is 30.2. The first-order valence-corrected chi connectivity index (χ1v) is 9.38. The van der Waals surface area contributed by atoms with Crippen LogP contribution in [0.15, 0.2) is 18.2 Å². The van der Waals surface area contributed by atoms with Gasteiger partial charge < -0.3 is 14.5 Å². The minimum Gasteiger partial charge on any atom is -0.481 e. The normalized spacial score (nSPS) is 18.4. The SMILES string of the molecule is O=C(COc1ccc(F)cc1F)N1CCN(CC(=O)N2CCCCC2)CC1. The topological polar surface area (TPSA) is 53.1 Å². The molecule has 6 nitrogen and oxygen atoms in total. The summed E-state index contributed by atoms with van der Waals surface area (Å²) >= 11 is 0. The van der Waals surface area contributed by atoms with Crippen LogP contribution in [0.4, 0.5) is 8.78 Å². The van der Waals surface area contributed by atoms with Crippen LogP contribution in [0.3, 0.4) is 0 Å². The van der Waals surface area contributed by atoms with Crippen LogP contribution in [0, 0.1) is 11.6 Å². The number of halogens is 2. The molecule has 0 unspecified atom stereocenters. The summed E-state index contributed by atoms with van der Waals surface area (Å²) < 4.78 is 31.6. The van der Waals surface area contributed by atoms with E-state index in [1.54, 1.807) is 4.90 Å². The summed E-state index contributed by atoms with van der Waals surface area (Å²) in [5.41, 5.74) is 0. The van der Waals surface area contributed by atoms with E-state index in [1.165, 1.54) is 12.5 Å². The van der Waals surface area contributed by atoms with Gasteiger partial charge in [-0.3, -0.25) is 14.5 Å². The van der Waals surface area contributed by atoms with Crippen molar-refractivity contribution in [2.75, 3.05) is 52.4 Å². The molecule has 0 aromatic heterocycles. The number of likely N-dealkylation sites (tertiary alicyclic amines) is 1. The first-order chi connectivity index (χ1) is 13.0. The van der Waals surface area contributed by atoms with Gasteiger partial charge in [-0.1, -0.05) is 0 Å². The fourth-order valence-electron chi connectivity index (χ4n) is 3.41. The molecule has 0 spiro atoms. The van der Waals surface area contributed by atoms with E-state index in [9.17, 15) is 18.4 Å². The quantitative estimate of drug-likeness (QED) is 0.776. The molecule has 2 fully saturated rings. The van der Waals surface area contributed by atoms with Crippen LogP contribution in [-0.2, 0) is 9.59 Å². The van der Waals surface area contributed by atoms with Crippen LogP contribution < -0.4 is 4.74 Å². The van der Waals surface area contributed by atoms with E-state index in [0.29, 0.717) is 32.7 Å². The Morgan fingerprint density at radius 1 is 0.889 bits per heavy atom. The van der Waals surface area contributed by atoms with Crippen molar-refractivity contribution >= 4 is 11.8 Å². The number of benzene rings is 1. The van der Waals surface area contributed by atoms with Crippen LogP contribution >= 0.6 is 0 Å². The van der Waals surface area contributed by atoms with E-state index >= 15 is 0 Å². The highest BCUT2D eigenvalue weighted by Gasteiger charge is 2.25. The van der Waals surface area contributed by atoms with Crippen LogP contribution in [0.5, 0.6) is 5.75 Å². The van der Waals surface area contributed by atoms with Crippen molar-refractivity contribution in [2.24, 2.45) is 0 Å². The first kappa shape index (κ1) is 19.5. The molecule has 1 aromatic carbocycles. The molecule has 2 saturated heterocycles. The summed E-state index contributed by atoms with van der Waals surface area (Å²) in [6.07, 6.45) is 3.33. The van der Waals surface area contributed by atoms with E-state index in [2.05, 4.69) is 4.90 Å². The molecule has 3 rings (SSSR count). The Hall–Kier alpha value is -2.22. The third kappa shape index (κ3) is 5.38. The van der Waals surface area contributed by atoms with E-state index in [0.717, 1.165) is 38.1 Å². The molecule has 0 N–H and O–H groups in total. The molecule has 27 heavy (non-hydrogen) atoms. The zero-order chi connectivity index (χ0) is 19.2. The molecular formula is C19H25F2N3O3. The summed E-state index contributed by atoms with van der Waals surface area (Å²) in [7, 11) is 0. The second-order valence-corrected chi connectivity index (χ2v) is 6.96. The number of carbonyl (C=O) groups is 2. The van der Waals surface area contributed by atoms with Crippen molar-refractivity contribution < 1.29 is 23.1 Å². The molecule has 2 heterocycles. The molecule has 2 aliphatic rings. The first-order valence-electron chi connectivity index (χ1n) is 9.38. The van der Waals surface area contributed by atoms with Crippen molar-refractivity contribution in [3.8, 4) is 5.75 Å². The Morgan fingerprint density at radius 3 is 2.22 bits per heavy atom. The molecule has 0 saturated carbocycles. The second-order valence-electron chi connectivity index (χ2n) is 6.96. The van der Waals surface area contributed by atoms with Gasteiger partial charge >= 0.3 is 0 Å². The van der Waals surface area contributed by atoms with Gasteiger partial charge in [0, 0.05) is 45.3 Å². The highest BCUT2D eigenvalue weighted by atomic mass is 19.1. The van der Waals surface area contributed by atoms with Gasteiger partial charge in [0.1, 0.15) is 5.82 Å². The standard InChI is InChI=1S/C19H25F2N3O3/c20-15-4-5-17(16(21)12-15)27-14-19(26)24-10-8-22(9-11-24)13-18(25)23-6-2-1-3-7-23/h4-5,12H,1-3,6-11,13-14H2. The number of amides is 2. The molecule has 0 bridgehead atoms. The maximum atomic E-state index is 13.5. The second kappa shape index (κ2) is 9.12. The zero-order valence-corrected chi connectivity index (χ0v) is 15.3. The lowest BCUT2D eigenvalue weighted by atomic mass is 10.1. The van der Waals surface area contributed by atoms with Crippen LogP contribution in [0.2, 0.25) is 0 Å². The highest BCUT2D eigenvalue weighted by molar-refractivity contribution is 5.79. The van der Waals surface area contributed by atoms with Gasteiger partial charge in [0.2, 0.25) is 5.91 Å². The van der Waals surface area contributed by atoms with Gasteiger partial charge in [0.25, 0.3) is 5.91 Å². The average molecular weight is 381 g/mol. The number of rotatable bonds is 5. The Labute approximate surface area is 157 Å². The van der Waals surface area contributed by atoms with Crippen molar-refractivity contribution in [1.82, 2.24) is 14.7 Å². The monoisotopic (exact) mass is 381 g/mol. The number of hydrogen-bond donors (Lipinski definition) is 0. The van der Waals surface area contributed by atoms with Gasteiger partial charge in [-0.25, -0.2) is 8.78 Å². The molecule has 0 atom stereocenters. The lowest BCUT2D eigenvalue weighted by Gasteiger charge is -2.36. The largest absolute Gasteiger partial charge is 0.481 e. The third-order valence-electron chi connectivity index (χ3n) is 5.04. The molecule has 148 valence electrons. The summed E-state index contributed by atoms with van der Waals surface area (Å²) in [5, 5.41) is 0. The smallest absolute Gasteiger partial charge is 0.260 e. The average Bonchev–Trinajstić information content (AvgIpc) is 2.68. The summed E-state index contributed by atoms with van der Waals surface area (Å²) in [6.45, 7) is 4.02. The van der Waals surface area contributed by atoms with Crippen LogP contribution in [-0.4, -0.2) is 78.9 Å². The predicted octanol–water partition coefficient (Wildman–Crippen LogP) is 1.50. The van der Waals surface area contributed by atoms with Gasteiger partial charge in [0.05, 0.1) is 6.54 Å². The molecule has 1 aromatic rings. The van der Waals surface area contributed by atoms with Crippen molar-refractivity contribution in [2.45, 2.75) is 19.3 Å². The van der Waals surface area contributed by atoms with Gasteiger partial charge in [-0.15, -0.1) is 0 Å². The van der Waals surface area contributed by atoms with E-state index in [1.807, 2.05) is 4.90 Å². The lowest BCUT2D eigenvalue weighted by molar-refractivity contribution is -0.136. The Kier molecular flexibility index (Phi) is 6.60. The van der Waals surface area contributed by atoms with E-state index < -0.39 is 11.6 Å². The predicted molar refractivity (Wildman–Crippen MR) is 95.3 cm³/mol. The van der Waals surface area contributed by atoms with Crippen molar-refractivity contribution in [3.05, 3.63) is 29.8 Å². The number of piperidine rings is 1. The number of carbonyl (C=O) groups excluding carboxylic acids is 2. The summed E-state index contributed by atoms with van der Waals surface area (Å²) in [6, 6.07) is 2.97. The fraction of sp³-hybridized carbons (Fsp3) is 0.579. The molecule has 2 amide bonds. The number of nitrogens with zero attached hydrogens (tertiary/aromatic N) is 3. The third-order valence-corrected chi connectivity index (χ3v) is 5.04. The molecule has 2 aliphatic heterocycles. The molecule has 0 aliphatic carbocycles. The van der Waals surface area contributed by atoms with Gasteiger partial charge in [-0.05, 0) is 31.4 Å². The fourth-order valence-corrected chi connectivity index (χ4v) is 3.41. The molecule has 8 heteroatoms. The lowest BCUT2D eigenvalue weighted by Crippen LogP contribution is -2.52. The van der Waals surface area contributed by atoms with Crippen LogP contribution in [0.1, 0.15) is 19.3 Å². The molecule has 0 radical (unpaired) electrons. The molecular weight excluding hydrogens is 356 g/mol. The van der Waals surface area contributed by atoms with Crippen molar-refractivity contribution in [3.63, 3.8) is 0 Å². The van der Waals surface area contributed by atoms with Gasteiger partial charge in [-0.2, -0.15) is 0 Å². The van der Waals surface area contributed by atoms with Gasteiger partial charge in [0.15, 0.2) is 18.2 Å². The summed E-state index contributed by atoms with van der Waals surface area (Å²) in [5.74, 6) is -1.76. The minimum atomic E-state index is -0.830. The maximum absolute atomic E-state index is 13.5. The maximum Gasteiger partial charge on any atom is 0.260 e. The van der Waals surface area contributed by atoms with E-state index in [4.69, 9.17) is 4.74 Å². The van der Waals surface area contributed by atoms with Crippen LogP contribution in [0.25, 0.3) is 0 Å². The van der Waals surface area contributed by atoms with E-state index in [-0.39, 0.29) is 24.2 Å². The minimum absolute atomic E-state index is 0.143. The Morgan fingerprint density at radius 2 is 1.56 bits per heavy atom. The Bertz CT molecular complexity index is 672. The number of piperazine rings is 1. The number of hydrogen-bond acceptors (Lipinski definition) is 4. The number of ether oxygens (including phenoxy) is 1.